The van der Waals surface area contributed by atoms with Gasteiger partial charge in [-0.15, -0.1) is 0 Å². The second kappa shape index (κ2) is 11.1. The first-order chi connectivity index (χ1) is 20.1. The highest BCUT2D eigenvalue weighted by molar-refractivity contribution is 5.92. The Balaban J connectivity index is 1.96. The van der Waals surface area contributed by atoms with Crippen LogP contribution in [0.25, 0.3) is 0 Å². The van der Waals surface area contributed by atoms with Crippen molar-refractivity contribution in [2.75, 3.05) is 11.5 Å². The lowest BCUT2D eigenvalue weighted by molar-refractivity contribution is -0.288. The van der Waals surface area contributed by atoms with Gasteiger partial charge in [0, 0.05) is 0 Å². The lowest BCUT2D eigenvalue weighted by Gasteiger charge is -2.38. The van der Waals surface area contributed by atoms with E-state index in [1.807, 2.05) is 0 Å². The molecule has 0 fully saturated rings. The van der Waals surface area contributed by atoms with Gasteiger partial charge in [0.25, 0.3) is 0 Å². The average Bonchev–Trinajstić information content (AvgIpc) is 2.91. The fourth-order valence-corrected chi connectivity index (χ4v) is 4.40. The Hall–Kier alpha value is -5.40. The van der Waals surface area contributed by atoms with Crippen LogP contribution in [0, 0.1) is 0 Å². The summed E-state index contributed by atoms with van der Waals surface area (Å²) in [5, 5.41) is 19.4. The predicted molar refractivity (Wildman–Crippen MR) is 142 cm³/mol. The van der Waals surface area contributed by atoms with Crippen molar-refractivity contribution in [2.45, 2.75) is 17.8 Å². The number of carbonyl (C=O) groups is 2. The predicted octanol–water partition coefficient (Wildman–Crippen LogP) is 7.24. The van der Waals surface area contributed by atoms with E-state index in [0.29, 0.717) is 24.3 Å². The molecule has 0 aliphatic heterocycles. The van der Waals surface area contributed by atoms with E-state index in [-0.39, 0.29) is 35.0 Å². The zero-order chi connectivity index (χ0) is 31.7. The minimum Gasteiger partial charge on any atom is -0.478 e. The van der Waals surface area contributed by atoms with Crippen LogP contribution in [0.4, 0.5) is 37.7 Å². The maximum absolute atomic E-state index is 14.8. The average molecular weight is 606 g/mol. The molecule has 0 saturated carbocycles. The van der Waals surface area contributed by atoms with Gasteiger partial charge < -0.3 is 31.2 Å². The Kier molecular flexibility index (Phi) is 7.90. The van der Waals surface area contributed by atoms with Gasteiger partial charge in [-0.05, 0) is 59.7 Å². The van der Waals surface area contributed by atoms with Crippen molar-refractivity contribution in [3.63, 3.8) is 0 Å². The number of rotatable bonds is 8. The molecule has 0 aromatic heterocycles. The quantitative estimate of drug-likeness (QED) is 0.121. The smallest absolute Gasteiger partial charge is 0.411 e. The first-order valence-corrected chi connectivity index (χ1v) is 12.0. The third-order valence-corrected chi connectivity index (χ3v) is 6.41. The van der Waals surface area contributed by atoms with Gasteiger partial charge in [0.2, 0.25) is 5.41 Å². The minimum atomic E-state index is -6.16. The largest absolute Gasteiger partial charge is 0.478 e. The van der Waals surface area contributed by atoms with Crippen LogP contribution < -0.4 is 20.9 Å². The second-order valence-corrected chi connectivity index (χ2v) is 9.06. The SMILES string of the molecule is Nc1ccccc1Oc1ccc(C(c2ccc(Oc3ccccc3N)c(C(=O)O)c2)(C(F)(F)F)C(F)(F)F)cc1C(=O)O. The summed E-state index contributed by atoms with van der Waals surface area (Å²) in [5.41, 5.74) is 1.45. The van der Waals surface area contributed by atoms with Gasteiger partial charge in [-0.3, -0.25) is 0 Å². The summed E-state index contributed by atoms with van der Waals surface area (Å²) >= 11 is 0. The molecule has 0 heterocycles. The summed E-state index contributed by atoms with van der Waals surface area (Å²) in [5.74, 6) is -5.20. The lowest BCUT2D eigenvalue weighted by atomic mass is 9.72. The summed E-state index contributed by atoms with van der Waals surface area (Å²) in [7, 11) is 0. The number of aromatic carboxylic acids is 2. The van der Waals surface area contributed by atoms with E-state index in [4.69, 9.17) is 20.9 Å². The molecule has 4 rings (SSSR count). The number of anilines is 2. The monoisotopic (exact) mass is 606 g/mol. The van der Waals surface area contributed by atoms with Crippen molar-refractivity contribution < 1.29 is 55.6 Å². The lowest BCUT2D eigenvalue weighted by Crippen LogP contribution is -2.55. The van der Waals surface area contributed by atoms with E-state index >= 15 is 0 Å². The number of ether oxygens (including phenoxy) is 2. The molecule has 0 aliphatic carbocycles. The van der Waals surface area contributed by atoms with Crippen LogP contribution >= 0.6 is 0 Å². The highest BCUT2D eigenvalue weighted by Gasteiger charge is 2.72. The summed E-state index contributed by atoms with van der Waals surface area (Å²) in [4.78, 5) is 24.0. The molecule has 0 radical (unpaired) electrons. The van der Waals surface area contributed by atoms with Crippen LogP contribution in [0.15, 0.2) is 84.9 Å². The molecule has 4 aromatic carbocycles. The summed E-state index contributed by atoms with van der Waals surface area (Å²) in [6.45, 7) is 0. The maximum atomic E-state index is 14.8. The number of carboxylic acid groups (broad SMARTS) is 2. The molecular weight excluding hydrogens is 586 g/mol. The first-order valence-electron chi connectivity index (χ1n) is 12.0. The van der Waals surface area contributed by atoms with E-state index < -0.39 is 63.5 Å². The second-order valence-electron chi connectivity index (χ2n) is 9.06. The zero-order valence-electron chi connectivity index (χ0n) is 21.5. The van der Waals surface area contributed by atoms with Crippen LogP contribution in [0.1, 0.15) is 31.8 Å². The molecule has 0 spiro atoms. The van der Waals surface area contributed by atoms with Crippen LogP contribution in [-0.2, 0) is 5.41 Å². The van der Waals surface area contributed by atoms with Crippen LogP contribution in [0.2, 0.25) is 0 Å². The van der Waals surface area contributed by atoms with Crippen molar-refractivity contribution in [3.8, 4) is 23.0 Å². The fourth-order valence-electron chi connectivity index (χ4n) is 4.40. The Morgan fingerprint density at radius 2 is 0.907 bits per heavy atom. The number of nitrogen functional groups attached to an aromatic ring is 2. The van der Waals surface area contributed by atoms with Gasteiger partial charge in [-0.25, -0.2) is 9.59 Å². The fraction of sp³-hybridized carbons (Fsp3) is 0.103. The molecule has 0 amide bonds. The minimum absolute atomic E-state index is 0.0172. The number of carboxylic acids is 2. The van der Waals surface area contributed by atoms with Crippen molar-refractivity contribution in [1.29, 1.82) is 0 Å². The summed E-state index contributed by atoms with van der Waals surface area (Å²) in [6.07, 6.45) is -12.3. The molecule has 0 atom stereocenters. The highest BCUT2D eigenvalue weighted by Crippen LogP contribution is 2.57. The zero-order valence-corrected chi connectivity index (χ0v) is 21.5. The van der Waals surface area contributed by atoms with Gasteiger partial charge in [-0.2, -0.15) is 26.3 Å². The molecule has 6 N–H and O–H groups in total. The number of hydrogen-bond donors (Lipinski definition) is 4. The molecule has 14 heteroatoms. The van der Waals surface area contributed by atoms with Crippen molar-refractivity contribution >= 4 is 23.3 Å². The van der Waals surface area contributed by atoms with Gasteiger partial charge in [-0.1, -0.05) is 36.4 Å². The first kappa shape index (κ1) is 30.6. The number of halogens is 6. The molecule has 8 nitrogen and oxygen atoms in total. The Bertz CT molecular complexity index is 1580. The third kappa shape index (κ3) is 5.58. The summed E-state index contributed by atoms with van der Waals surface area (Å²) in [6, 6.07) is 13.7. The van der Waals surface area contributed by atoms with Crippen molar-refractivity contribution in [3.05, 3.63) is 107 Å². The van der Waals surface area contributed by atoms with E-state index in [2.05, 4.69) is 0 Å². The van der Waals surface area contributed by atoms with Crippen LogP contribution in [0.3, 0.4) is 0 Å². The van der Waals surface area contributed by atoms with Gasteiger partial charge in [0.15, 0.2) is 0 Å². The van der Waals surface area contributed by atoms with Gasteiger partial charge >= 0.3 is 24.3 Å². The van der Waals surface area contributed by atoms with E-state index in [0.717, 1.165) is 0 Å². The Morgan fingerprint density at radius 3 is 1.21 bits per heavy atom. The molecule has 224 valence electrons. The van der Waals surface area contributed by atoms with E-state index in [1.165, 1.54) is 48.5 Å². The van der Waals surface area contributed by atoms with Gasteiger partial charge in [0.05, 0.1) is 11.4 Å². The highest BCUT2D eigenvalue weighted by atomic mass is 19.4. The number of para-hydroxylation sites is 4. The summed E-state index contributed by atoms with van der Waals surface area (Å²) < 4.78 is 99.6. The van der Waals surface area contributed by atoms with Crippen LogP contribution in [0.5, 0.6) is 23.0 Å². The molecular formula is C29H20F6N2O6. The van der Waals surface area contributed by atoms with E-state index in [1.54, 1.807) is 0 Å². The molecule has 4 aromatic rings. The molecule has 0 bridgehead atoms. The Morgan fingerprint density at radius 1 is 0.558 bits per heavy atom. The number of nitrogens with two attached hydrogens (primary N) is 2. The number of hydrogen-bond acceptors (Lipinski definition) is 6. The van der Waals surface area contributed by atoms with Crippen molar-refractivity contribution in [1.82, 2.24) is 0 Å². The number of benzene rings is 4. The topological polar surface area (TPSA) is 145 Å². The van der Waals surface area contributed by atoms with Crippen molar-refractivity contribution in [2.24, 2.45) is 0 Å². The maximum Gasteiger partial charge on any atom is 0.411 e. The van der Waals surface area contributed by atoms with Gasteiger partial charge in [0.1, 0.15) is 34.1 Å². The van der Waals surface area contributed by atoms with E-state index in [9.17, 15) is 46.1 Å². The molecule has 0 saturated heterocycles. The normalized spacial score (nSPS) is 12.0. The molecule has 0 aliphatic rings. The standard InChI is InChI=1S/C29H20F6N2O6/c30-28(31,32)27(29(33,34)35,15-9-11-21(17(13-15)25(38)39)42-23-7-3-1-5-19(23)36)16-10-12-22(18(14-16)26(40)41)43-24-8-4-2-6-20(24)37/h1-14H,36-37H2,(H,38,39)(H,40,41). The number of alkyl halides is 6. The molecule has 0 unspecified atom stereocenters. The Labute approximate surface area is 238 Å². The van der Waals surface area contributed by atoms with Crippen LogP contribution in [-0.4, -0.2) is 34.5 Å². The molecule has 43 heavy (non-hydrogen) atoms. The third-order valence-electron chi connectivity index (χ3n) is 6.41.